The molecule has 84 valence electrons. The van der Waals surface area contributed by atoms with Gasteiger partial charge in [0, 0.05) is 27.1 Å². The van der Waals surface area contributed by atoms with E-state index in [1.165, 1.54) is 0 Å². The summed E-state index contributed by atoms with van der Waals surface area (Å²) in [5.41, 5.74) is 0.550. The van der Waals surface area contributed by atoms with E-state index < -0.39 is 0 Å². The fourth-order valence-corrected chi connectivity index (χ4v) is 1.14. The molecule has 0 saturated heterocycles. The molecule has 6 heteroatoms. The molecule has 1 heterocycles. The van der Waals surface area contributed by atoms with E-state index in [4.69, 9.17) is 5.11 Å². The third kappa shape index (κ3) is 3.67. The van der Waals surface area contributed by atoms with Crippen LogP contribution in [0.1, 0.15) is 18.5 Å². The molecule has 1 amide bonds. The molecule has 0 aromatic carbocycles. The summed E-state index contributed by atoms with van der Waals surface area (Å²) in [5, 5.41) is 16.3. The lowest BCUT2D eigenvalue weighted by Crippen LogP contribution is -2.21. The third-order valence-electron chi connectivity index (χ3n) is 2.02. The van der Waals surface area contributed by atoms with Crippen LogP contribution in [0.2, 0.25) is 0 Å². The second-order valence-corrected chi connectivity index (χ2v) is 3.52. The predicted octanol–water partition coefficient (Wildman–Crippen LogP) is -0.361. The van der Waals surface area contributed by atoms with Crippen LogP contribution in [0.25, 0.3) is 0 Å². The molecule has 0 radical (unpaired) electrons. The van der Waals surface area contributed by atoms with Gasteiger partial charge in [-0.3, -0.25) is 9.48 Å². The van der Waals surface area contributed by atoms with Crippen molar-refractivity contribution in [2.24, 2.45) is 0 Å². The third-order valence-corrected chi connectivity index (χ3v) is 2.02. The van der Waals surface area contributed by atoms with Gasteiger partial charge >= 0.3 is 0 Å². The van der Waals surface area contributed by atoms with Crippen LogP contribution in [0.5, 0.6) is 0 Å². The van der Waals surface area contributed by atoms with Crippen molar-refractivity contribution in [1.29, 1.82) is 0 Å². The minimum Gasteiger partial charge on any atom is -0.390 e. The van der Waals surface area contributed by atoms with Crippen molar-refractivity contribution >= 4 is 5.91 Å². The summed E-state index contributed by atoms with van der Waals surface area (Å²) in [6.07, 6.45) is 2.91. The molecule has 0 aliphatic rings. The number of aryl methyl sites for hydroxylation is 1. The van der Waals surface area contributed by atoms with E-state index in [0.29, 0.717) is 18.7 Å². The summed E-state index contributed by atoms with van der Waals surface area (Å²) in [5.74, 6) is 0.109. The fraction of sp³-hybridized carbons (Fsp3) is 0.667. The highest BCUT2D eigenvalue weighted by atomic mass is 16.3. The van der Waals surface area contributed by atoms with Crippen LogP contribution in [-0.4, -0.2) is 45.0 Å². The topological polar surface area (TPSA) is 71.2 Å². The first-order chi connectivity index (χ1) is 7.13. The molecule has 0 bridgehead atoms. The van der Waals surface area contributed by atoms with Gasteiger partial charge in [0.1, 0.15) is 5.69 Å². The lowest BCUT2D eigenvalue weighted by atomic mass is 10.3. The second-order valence-electron chi connectivity index (χ2n) is 3.52. The van der Waals surface area contributed by atoms with E-state index in [-0.39, 0.29) is 12.5 Å². The molecule has 1 aromatic heterocycles. The van der Waals surface area contributed by atoms with Crippen molar-refractivity contribution in [3.8, 4) is 0 Å². The maximum atomic E-state index is 11.2. The van der Waals surface area contributed by atoms with Gasteiger partial charge in [-0.15, -0.1) is 5.10 Å². The molecule has 0 aliphatic heterocycles. The molecule has 0 aliphatic carbocycles. The SMILES string of the molecule is CN(C)C(=O)CCCn1cc(CO)nn1. The average Bonchev–Trinajstić information content (AvgIpc) is 2.65. The number of nitrogens with zero attached hydrogens (tertiary/aromatic N) is 4. The monoisotopic (exact) mass is 212 g/mol. The minimum atomic E-state index is -0.101. The van der Waals surface area contributed by atoms with Gasteiger partial charge in [-0.2, -0.15) is 0 Å². The van der Waals surface area contributed by atoms with E-state index in [9.17, 15) is 4.79 Å². The number of carbonyl (C=O) groups excluding carboxylic acids is 1. The Morgan fingerprint density at radius 1 is 1.60 bits per heavy atom. The van der Waals surface area contributed by atoms with E-state index in [1.807, 2.05) is 0 Å². The largest absolute Gasteiger partial charge is 0.390 e. The molecular weight excluding hydrogens is 196 g/mol. The standard InChI is InChI=1S/C9H16N4O2/c1-12(2)9(15)4-3-5-13-6-8(7-14)10-11-13/h6,14H,3-5,7H2,1-2H3. The van der Waals surface area contributed by atoms with Crippen LogP contribution in [0.3, 0.4) is 0 Å². The van der Waals surface area contributed by atoms with Crippen LogP contribution in [0.15, 0.2) is 6.20 Å². The highest BCUT2D eigenvalue weighted by molar-refractivity contribution is 5.75. The highest BCUT2D eigenvalue weighted by Crippen LogP contribution is 1.98. The zero-order valence-electron chi connectivity index (χ0n) is 9.05. The van der Waals surface area contributed by atoms with Gasteiger partial charge in [0.05, 0.1) is 12.8 Å². The molecule has 1 rings (SSSR count). The summed E-state index contributed by atoms with van der Waals surface area (Å²) < 4.78 is 1.63. The molecule has 6 nitrogen and oxygen atoms in total. The molecule has 0 unspecified atom stereocenters. The van der Waals surface area contributed by atoms with Gasteiger partial charge in [0.25, 0.3) is 0 Å². The number of carbonyl (C=O) groups is 1. The normalized spacial score (nSPS) is 10.3. The van der Waals surface area contributed by atoms with Crippen LogP contribution < -0.4 is 0 Å². The van der Waals surface area contributed by atoms with Gasteiger partial charge in [0.2, 0.25) is 5.91 Å². The van der Waals surface area contributed by atoms with Gasteiger partial charge in [-0.05, 0) is 6.42 Å². The zero-order chi connectivity index (χ0) is 11.3. The van der Waals surface area contributed by atoms with Crippen molar-refractivity contribution in [3.63, 3.8) is 0 Å². The minimum absolute atomic E-state index is 0.101. The fourth-order valence-electron chi connectivity index (χ4n) is 1.14. The van der Waals surface area contributed by atoms with Crippen LogP contribution >= 0.6 is 0 Å². The number of hydrogen-bond acceptors (Lipinski definition) is 4. The Morgan fingerprint density at radius 2 is 2.33 bits per heavy atom. The van der Waals surface area contributed by atoms with Crippen LogP contribution in [0.4, 0.5) is 0 Å². The molecule has 1 aromatic rings. The van der Waals surface area contributed by atoms with E-state index in [2.05, 4.69) is 10.3 Å². The van der Waals surface area contributed by atoms with E-state index in [1.54, 1.807) is 29.9 Å². The number of hydrogen-bond donors (Lipinski definition) is 1. The molecule has 0 fully saturated rings. The van der Waals surface area contributed by atoms with Crippen molar-refractivity contribution < 1.29 is 9.90 Å². The van der Waals surface area contributed by atoms with Gasteiger partial charge in [0.15, 0.2) is 0 Å². The Labute approximate surface area is 88.5 Å². The van der Waals surface area contributed by atoms with Crippen LogP contribution in [-0.2, 0) is 17.9 Å². The number of aliphatic hydroxyl groups excluding tert-OH is 1. The Kier molecular flexibility index (Phi) is 4.23. The van der Waals surface area contributed by atoms with Crippen molar-refractivity contribution in [1.82, 2.24) is 19.9 Å². The first-order valence-electron chi connectivity index (χ1n) is 4.83. The van der Waals surface area contributed by atoms with Crippen molar-refractivity contribution in [2.75, 3.05) is 14.1 Å². The number of aromatic nitrogens is 3. The second kappa shape index (κ2) is 5.45. The summed E-state index contributed by atoms with van der Waals surface area (Å²) in [4.78, 5) is 12.8. The van der Waals surface area contributed by atoms with Gasteiger partial charge < -0.3 is 10.0 Å². The number of amides is 1. The molecule has 1 N–H and O–H groups in total. The smallest absolute Gasteiger partial charge is 0.222 e. The first-order valence-corrected chi connectivity index (χ1v) is 4.83. The quantitative estimate of drug-likeness (QED) is 0.723. The predicted molar refractivity (Wildman–Crippen MR) is 53.9 cm³/mol. The molecular formula is C9H16N4O2. The number of rotatable bonds is 5. The molecule has 15 heavy (non-hydrogen) atoms. The summed E-state index contributed by atoms with van der Waals surface area (Å²) in [7, 11) is 3.48. The Hall–Kier alpha value is -1.43. The number of aliphatic hydroxyl groups is 1. The average molecular weight is 212 g/mol. The molecule has 0 atom stereocenters. The summed E-state index contributed by atoms with van der Waals surface area (Å²) in [6.45, 7) is 0.545. The van der Waals surface area contributed by atoms with Crippen LogP contribution in [0, 0.1) is 0 Å². The maximum Gasteiger partial charge on any atom is 0.222 e. The maximum absolute atomic E-state index is 11.2. The van der Waals surface area contributed by atoms with E-state index in [0.717, 1.165) is 6.42 Å². The van der Waals surface area contributed by atoms with Crippen molar-refractivity contribution in [2.45, 2.75) is 26.0 Å². The highest BCUT2D eigenvalue weighted by Gasteiger charge is 2.04. The lowest BCUT2D eigenvalue weighted by Gasteiger charge is -2.09. The van der Waals surface area contributed by atoms with Gasteiger partial charge in [-0.25, -0.2) is 0 Å². The summed E-state index contributed by atoms with van der Waals surface area (Å²) in [6, 6.07) is 0. The lowest BCUT2D eigenvalue weighted by molar-refractivity contribution is -0.128. The Balaban J connectivity index is 2.28. The molecule has 0 saturated carbocycles. The Bertz CT molecular complexity index is 322. The van der Waals surface area contributed by atoms with Crippen molar-refractivity contribution in [3.05, 3.63) is 11.9 Å². The Morgan fingerprint density at radius 3 is 2.87 bits per heavy atom. The van der Waals surface area contributed by atoms with Gasteiger partial charge in [-0.1, -0.05) is 5.21 Å². The first kappa shape index (κ1) is 11.6. The summed E-state index contributed by atoms with van der Waals surface area (Å²) >= 11 is 0. The van der Waals surface area contributed by atoms with E-state index >= 15 is 0 Å². The molecule has 0 spiro atoms. The zero-order valence-corrected chi connectivity index (χ0v) is 9.05.